The van der Waals surface area contributed by atoms with Crippen LogP contribution in [-0.2, 0) is 6.42 Å². The molecule has 2 saturated heterocycles. The summed E-state index contributed by atoms with van der Waals surface area (Å²) in [6.07, 6.45) is 7.32. The van der Waals surface area contributed by atoms with E-state index in [4.69, 9.17) is 0 Å². The molecule has 4 nitrogen and oxygen atoms in total. The van der Waals surface area contributed by atoms with Crippen LogP contribution in [0.25, 0.3) is 0 Å². The molecule has 2 aliphatic heterocycles. The monoisotopic (exact) mass is 361 g/mol. The Balaban J connectivity index is 1.55. The maximum absolute atomic E-state index is 13.6. The standard InChI is InChI=1S/C23H27N3O/c1-23-15-18-19(14-16-8-3-2-4-9-16)26(21(23)12-7-11-20(23)25-18)22(27)17-10-5-6-13-24-17/h2-6,8-10,13,18-21,25H,7,11-12,14-15H2,1H3/t18-,19-,20-,21+,23-/m0/s1. The third-order valence-electron chi connectivity index (χ3n) is 7.17. The summed E-state index contributed by atoms with van der Waals surface area (Å²) in [5.74, 6) is 0.0989. The van der Waals surface area contributed by atoms with E-state index in [2.05, 4.69) is 52.5 Å². The SMILES string of the molecule is C[C@]12C[C@@H]3N[C@H]1CCC[C@H]2N(C(=O)c1ccccn1)[C@H]3Cc1ccccc1. The van der Waals surface area contributed by atoms with Gasteiger partial charge in [-0.05, 0) is 49.8 Å². The number of likely N-dealkylation sites (tertiary alicyclic amines) is 1. The first-order chi connectivity index (χ1) is 13.2. The van der Waals surface area contributed by atoms with Crippen molar-refractivity contribution in [3.8, 4) is 0 Å². The minimum atomic E-state index is 0.0989. The number of amides is 1. The minimum absolute atomic E-state index is 0.0989. The van der Waals surface area contributed by atoms with Crippen LogP contribution in [0.2, 0.25) is 0 Å². The van der Waals surface area contributed by atoms with Gasteiger partial charge in [0.05, 0.1) is 6.04 Å². The minimum Gasteiger partial charge on any atom is -0.329 e. The molecule has 1 aliphatic carbocycles. The molecule has 3 fully saturated rings. The van der Waals surface area contributed by atoms with Gasteiger partial charge in [0.15, 0.2) is 0 Å². The fourth-order valence-corrected chi connectivity index (χ4v) is 5.89. The Morgan fingerprint density at radius 1 is 1.19 bits per heavy atom. The van der Waals surface area contributed by atoms with Crippen LogP contribution in [0.1, 0.15) is 48.7 Å². The molecule has 1 saturated carbocycles. The summed E-state index contributed by atoms with van der Waals surface area (Å²) in [6.45, 7) is 2.39. The molecule has 27 heavy (non-hydrogen) atoms. The zero-order chi connectivity index (χ0) is 18.4. The third kappa shape index (κ3) is 2.69. The van der Waals surface area contributed by atoms with E-state index in [1.54, 1.807) is 6.20 Å². The fraction of sp³-hybridized carbons (Fsp3) is 0.478. The van der Waals surface area contributed by atoms with Gasteiger partial charge in [0.1, 0.15) is 5.69 Å². The highest BCUT2D eigenvalue weighted by molar-refractivity contribution is 5.93. The van der Waals surface area contributed by atoms with Gasteiger partial charge in [-0.25, -0.2) is 0 Å². The summed E-state index contributed by atoms with van der Waals surface area (Å²) in [6, 6.07) is 17.6. The highest BCUT2D eigenvalue weighted by Crippen LogP contribution is 2.52. The number of nitrogens with one attached hydrogen (secondary N) is 1. The summed E-state index contributed by atoms with van der Waals surface area (Å²) in [5.41, 5.74) is 2.05. The molecule has 1 aromatic heterocycles. The van der Waals surface area contributed by atoms with Gasteiger partial charge in [0.2, 0.25) is 0 Å². The molecule has 0 unspecified atom stereocenters. The predicted octanol–water partition coefficient (Wildman–Crippen LogP) is 3.44. The number of hydrogen-bond acceptors (Lipinski definition) is 3. The van der Waals surface area contributed by atoms with Gasteiger partial charge < -0.3 is 10.2 Å². The quantitative estimate of drug-likeness (QED) is 0.911. The lowest BCUT2D eigenvalue weighted by molar-refractivity contribution is -0.0115. The first kappa shape index (κ1) is 16.9. The van der Waals surface area contributed by atoms with Crippen molar-refractivity contribution < 1.29 is 4.79 Å². The van der Waals surface area contributed by atoms with E-state index in [0.29, 0.717) is 23.8 Å². The Hall–Kier alpha value is -2.20. The number of benzene rings is 1. The molecule has 3 heterocycles. The fourth-order valence-electron chi connectivity index (χ4n) is 5.89. The van der Waals surface area contributed by atoms with E-state index >= 15 is 0 Å². The molecule has 5 atom stereocenters. The summed E-state index contributed by atoms with van der Waals surface area (Å²) in [7, 11) is 0. The van der Waals surface area contributed by atoms with Crippen LogP contribution in [0.3, 0.4) is 0 Å². The molecular formula is C23H27N3O. The molecule has 2 bridgehead atoms. The molecule has 4 heteroatoms. The summed E-state index contributed by atoms with van der Waals surface area (Å²) in [5, 5.41) is 3.92. The molecule has 2 aromatic rings. The van der Waals surface area contributed by atoms with Gasteiger partial charge >= 0.3 is 0 Å². The second kappa shape index (κ2) is 6.45. The largest absolute Gasteiger partial charge is 0.329 e. The number of pyridine rings is 1. The van der Waals surface area contributed by atoms with E-state index < -0.39 is 0 Å². The lowest BCUT2D eigenvalue weighted by Crippen LogP contribution is -2.62. The molecule has 5 rings (SSSR count). The maximum Gasteiger partial charge on any atom is 0.273 e. The van der Waals surface area contributed by atoms with Crippen LogP contribution < -0.4 is 5.32 Å². The Labute approximate surface area is 161 Å². The molecule has 140 valence electrons. The molecular weight excluding hydrogens is 334 g/mol. The van der Waals surface area contributed by atoms with Crippen molar-refractivity contribution in [1.82, 2.24) is 15.2 Å². The Kier molecular flexibility index (Phi) is 4.05. The molecule has 3 aliphatic rings. The van der Waals surface area contributed by atoms with E-state index in [1.165, 1.54) is 24.8 Å². The zero-order valence-electron chi connectivity index (χ0n) is 15.8. The van der Waals surface area contributed by atoms with E-state index in [-0.39, 0.29) is 17.4 Å². The highest BCUT2D eigenvalue weighted by Gasteiger charge is 2.60. The third-order valence-corrected chi connectivity index (χ3v) is 7.17. The predicted molar refractivity (Wildman–Crippen MR) is 105 cm³/mol. The number of rotatable bonds is 3. The first-order valence-electron chi connectivity index (χ1n) is 10.2. The van der Waals surface area contributed by atoms with Crippen LogP contribution in [0.5, 0.6) is 0 Å². The van der Waals surface area contributed by atoms with Gasteiger partial charge in [-0.15, -0.1) is 0 Å². The Morgan fingerprint density at radius 3 is 2.78 bits per heavy atom. The normalized spacial score (nSPS) is 34.5. The lowest BCUT2D eigenvalue weighted by Gasteiger charge is -2.53. The van der Waals surface area contributed by atoms with Gasteiger partial charge in [-0.3, -0.25) is 9.78 Å². The molecule has 1 aromatic carbocycles. The summed E-state index contributed by atoms with van der Waals surface area (Å²) < 4.78 is 0. The highest BCUT2D eigenvalue weighted by atomic mass is 16.2. The van der Waals surface area contributed by atoms with Crippen molar-refractivity contribution in [1.29, 1.82) is 0 Å². The summed E-state index contributed by atoms with van der Waals surface area (Å²) >= 11 is 0. The number of piperidine rings is 1. The average molecular weight is 361 g/mol. The van der Waals surface area contributed by atoms with Crippen LogP contribution in [0.4, 0.5) is 0 Å². The lowest BCUT2D eigenvalue weighted by atomic mass is 9.64. The van der Waals surface area contributed by atoms with E-state index in [9.17, 15) is 4.79 Å². The molecule has 1 N–H and O–H groups in total. The number of carbonyl (C=O) groups excluding carboxylic acids is 1. The van der Waals surface area contributed by atoms with Crippen LogP contribution >= 0.6 is 0 Å². The van der Waals surface area contributed by atoms with Gasteiger partial charge in [0, 0.05) is 29.7 Å². The second-order valence-corrected chi connectivity index (χ2v) is 8.67. The van der Waals surface area contributed by atoms with Crippen molar-refractivity contribution in [3.63, 3.8) is 0 Å². The average Bonchev–Trinajstić information content (AvgIpc) is 3.05. The van der Waals surface area contributed by atoms with Crippen LogP contribution in [0.15, 0.2) is 54.7 Å². The maximum atomic E-state index is 13.6. The zero-order valence-corrected chi connectivity index (χ0v) is 15.8. The number of nitrogens with zero attached hydrogens (tertiary/aromatic N) is 2. The Bertz CT molecular complexity index is 824. The van der Waals surface area contributed by atoms with Crippen molar-refractivity contribution in [2.45, 2.75) is 63.2 Å². The molecule has 1 amide bonds. The number of fused-ring (bicyclic) bond motifs is 1. The van der Waals surface area contributed by atoms with Gasteiger partial charge in [0.25, 0.3) is 5.91 Å². The van der Waals surface area contributed by atoms with Crippen molar-refractivity contribution in [3.05, 3.63) is 66.0 Å². The van der Waals surface area contributed by atoms with E-state index in [0.717, 1.165) is 12.8 Å². The Morgan fingerprint density at radius 2 is 2.00 bits per heavy atom. The first-order valence-corrected chi connectivity index (χ1v) is 10.2. The molecule has 0 radical (unpaired) electrons. The summed E-state index contributed by atoms with van der Waals surface area (Å²) in [4.78, 5) is 20.2. The van der Waals surface area contributed by atoms with Crippen molar-refractivity contribution in [2.24, 2.45) is 5.41 Å². The van der Waals surface area contributed by atoms with Crippen molar-refractivity contribution >= 4 is 5.91 Å². The molecule has 0 spiro atoms. The number of aromatic nitrogens is 1. The van der Waals surface area contributed by atoms with E-state index in [1.807, 2.05) is 18.2 Å². The smallest absolute Gasteiger partial charge is 0.273 e. The van der Waals surface area contributed by atoms with Crippen molar-refractivity contribution in [2.75, 3.05) is 0 Å². The van der Waals surface area contributed by atoms with Crippen LogP contribution in [-0.4, -0.2) is 40.0 Å². The number of carbonyl (C=O) groups is 1. The number of hydrogen-bond donors (Lipinski definition) is 1. The van der Waals surface area contributed by atoms with Gasteiger partial charge in [-0.1, -0.05) is 43.3 Å². The second-order valence-electron chi connectivity index (χ2n) is 8.67. The van der Waals surface area contributed by atoms with Gasteiger partial charge in [-0.2, -0.15) is 0 Å². The van der Waals surface area contributed by atoms with Crippen LogP contribution in [0, 0.1) is 5.41 Å². The topological polar surface area (TPSA) is 45.2 Å².